The van der Waals surface area contributed by atoms with Crippen LogP contribution in [0.2, 0.25) is 15.1 Å². The van der Waals surface area contributed by atoms with Crippen molar-refractivity contribution in [1.29, 1.82) is 0 Å². The van der Waals surface area contributed by atoms with Crippen molar-refractivity contribution >= 4 is 60.4 Å². The topological polar surface area (TPSA) is 122 Å². The van der Waals surface area contributed by atoms with Crippen LogP contribution in [0.3, 0.4) is 0 Å². The third kappa shape index (κ3) is 7.49. The predicted octanol–water partition coefficient (Wildman–Crippen LogP) is 6.30. The van der Waals surface area contributed by atoms with E-state index >= 15 is 4.79 Å². The van der Waals surface area contributed by atoms with E-state index in [0.29, 0.717) is 42.4 Å². The molecule has 0 aliphatic carbocycles. The van der Waals surface area contributed by atoms with Gasteiger partial charge in [-0.2, -0.15) is 0 Å². The highest BCUT2D eigenvalue weighted by Gasteiger charge is 2.65. The highest BCUT2D eigenvalue weighted by Crippen LogP contribution is 2.52. The lowest BCUT2D eigenvalue weighted by Crippen LogP contribution is -2.61. The fourth-order valence-electron chi connectivity index (χ4n) is 7.11. The van der Waals surface area contributed by atoms with E-state index in [1.165, 1.54) is 18.4 Å². The van der Waals surface area contributed by atoms with Crippen molar-refractivity contribution < 1.29 is 26.4 Å². The van der Waals surface area contributed by atoms with E-state index in [1.54, 1.807) is 36.1 Å². The van der Waals surface area contributed by atoms with Crippen LogP contribution < -0.4 is 15.4 Å². The van der Waals surface area contributed by atoms with Gasteiger partial charge in [0.15, 0.2) is 15.5 Å². The first-order valence-corrected chi connectivity index (χ1v) is 21.2. The molecule has 0 spiro atoms. The van der Waals surface area contributed by atoms with Crippen LogP contribution in [-0.4, -0.2) is 65.6 Å². The molecule has 3 atom stereocenters. The quantitative estimate of drug-likeness (QED) is 0.247. The molecule has 9 nitrogen and oxygen atoms in total. The fraction of sp³-hybridized carbons (Fsp3) is 0.457. The summed E-state index contributed by atoms with van der Waals surface area (Å²) in [7, 11) is -6.96. The average Bonchev–Trinajstić information content (AvgIpc) is 3.28. The van der Waals surface area contributed by atoms with Crippen molar-refractivity contribution in [2.45, 2.75) is 61.7 Å². The molecule has 3 aromatic carbocycles. The number of carbonyl (C=O) groups is 1. The second-order valence-corrected chi connectivity index (χ2v) is 18.9. The largest absolute Gasteiger partial charge is 0.493 e. The summed E-state index contributed by atoms with van der Waals surface area (Å²) in [5.74, 6) is 0.142. The Labute approximate surface area is 304 Å². The molecule has 2 aliphatic rings. The minimum absolute atomic E-state index is 0.0251. The summed E-state index contributed by atoms with van der Waals surface area (Å²) >= 11 is 19.2. The van der Waals surface area contributed by atoms with Crippen molar-refractivity contribution in [3.05, 3.63) is 92.4 Å². The molecule has 2 saturated heterocycles. The van der Waals surface area contributed by atoms with Crippen LogP contribution in [0.4, 0.5) is 0 Å². The van der Waals surface area contributed by atoms with E-state index in [0.717, 1.165) is 17.4 Å². The molecule has 0 radical (unpaired) electrons. The number of nitrogens with zero attached hydrogens (tertiary/aromatic N) is 1. The number of rotatable bonds is 10. The van der Waals surface area contributed by atoms with Crippen LogP contribution in [0, 0.1) is 5.92 Å². The van der Waals surface area contributed by atoms with Gasteiger partial charge in [0.1, 0.15) is 15.6 Å². The van der Waals surface area contributed by atoms with Crippen molar-refractivity contribution in [1.82, 2.24) is 15.5 Å². The number of piperidine rings is 1. The molecular formula is C35H42Cl3N3O6S2. The third-order valence-corrected chi connectivity index (χ3v) is 13.0. The maximum atomic E-state index is 15.3. The first-order chi connectivity index (χ1) is 22.8. The lowest BCUT2D eigenvalue weighted by atomic mass is 9.72. The van der Waals surface area contributed by atoms with Crippen molar-refractivity contribution in [3.63, 3.8) is 0 Å². The zero-order valence-electron chi connectivity index (χ0n) is 28.1. The Balaban J connectivity index is 1.74. The minimum atomic E-state index is -3.84. The number of likely N-dealkylation sites (tertiary alicyclic amines) is 1. The molecule has 2 heterocycles. The molecule has 14 heteroatoms. The molecule has 0 saturated carbocycles. The van der Waals surface area contributed by atoms with Crippen LogP contribution in [0.15, 0.2) is 65.6 Å². The summed E-state index contributed by atoms with van der Waals surface area (Å²) in [6, 6.07) is 17.6. The normalized spacial score (nSPS) is 25.0. The number of carbonyl (C=O) groups excluding carboxylic acids is 1. The summed E-state index contributed by atoms with van der Waals surface area (Å²) in [6.07, 6.45) is 4.06. The summed E-state index contributed by atoms with van der Waals surface area (Å²) in [5.41, 5.74) is -1.90. The van der Waals surface area contributed by atoms with Crippen LogP contribution in [0.25, 0.3) is 0 Å². The average molecular weight is 771 g/mol. The standard InChI is InChI=1S/C35H42Cl3N3O6S2/c1-6-47-30-22-29(38)31(49(5,45)46)21-28(30)35(32(42)41-18-15-23(16-19-41)17-20-48(4,43)44)39-33(2,24-7-11-26(36)12-8-24)34(3,40-35)25-9-13-27(37)14-10-25/h7-14,21-23,39-40H,6,15-20H2,1-5H3/t33-,34+,35?. The Morgan fingerprint density at radius 1 is 0.857 bits per heavy atom. The second-order valence-electron chi connectivity index (χ2n) is 13.4. The Morgan fingerprint density at radius 2 is 1.35 bits per heavy atom. The number of halogens is 3. The summed E-state index contributed by atoms with van der Waals surface area (Å²) in [4.78, 5) is 16.9. The first-order valence-electron chi connectivity index (χ1n) is 16.1. The zero-order valence-corrected chi connectivity index (χ0v) is 32.0. The Bertz CT molecular complexity index is 1870. The smallest absolute Gasteiger partial charge is 0.262 e. The molecule has 2 N–H and O–H groups in total. The number of nitrogens with one attached hydrogen (secondary N) is 2. The summed E-state index contributed by atoms with van der Waals surface area (Å²) in [6.45, 7) is 6.74. The van der Waals surface area contributed by atoms with Crippen LogP contribution >= 0.6 is 34.8 Å². The van der Waals surface area contributed by atoms with Gasteiger partial charge in [-0.15, -0.1) is 0 Å². The van der Waals surface area contributed by atoms with Crippen LogP contribution in [-0.2, 0) is 41.2 Å². The molecule has 1 unspecified atom stereocenters. The van der Waals surface area contributed by atoms with Gasteiger partial charge in [0.25, 0.3) is 5.91 Å². The Kier molecular flexibility index (Phi) is 10.8. The minimum Gasteiger partial charge on any atom is -0.493 e. The molecule has 2 fully saturated rings. The summed E-state index contributed by atoms with van der Waals surface area (Å²) < 4.78 is 56.0. The number of benzene rings is 3. The molecule has 1 amide bonds. The third-order valence-electron chi connectivity index (χ3n) is 9.97. The number of amides is 1. The van der Waals surface area contributed by atoms with Crippen LogP contribution in [0.5, 0.6) is 5.75 Å². The molecule has 0 aromatic heterocycles. The molecule has 2 aliphatic heterocycles. The van der Waals surface area contributed by atoms with Crippen molar-refractivity contribution in [2.75, 3.05) is 38.0 Å². The second kappa shape index (κ2) is 14.0. The van der Waals surface area contributed by atoms with Gasteiger partial charge in [-0.1, -0.05) is 59.1 Å². The van der Waals surface area contributed by atoms with Crippen LogP contribution in [0.1, 0.15) is 56.7 Å². The lowest BCUT2D eigenvalue weighted by molar-refractivity contribution is -0.141. The highest BCUT2D eigenvalue weighted by atomic mass is 35.5. The Morgan fingerprint density at radius 3 is 1.78 bits per heavy atom. The van der Waals surface area contributed by atoms with Gasteiger partial charge < -0.3 is 9.64 Å². The maximum absolute atomic E-state index is 15.3. The predicted molar refractivity (Wildman–Crippen MR) is 195 cm³/mol. The number of sulfone groups is 2. The highest BCUT2D eigenvalue weighted by molar-refractivity contribution is 7.91. The van der Waals surface area contributed by atoms with Gasteiger partial charge in [0, 0.05) is 47.3 Å². The Hall–Kier alpha value is -2.38. The molecule has 5 rings (SSSR count). The van der Waals surface area contributed by atoms with Gasteiger partial charge >= 0.3 is 0 Å². The van der Waals surface area contributed by atoms with Crippen molar-refractivity contribution in [3.8, 4) is 5.75 Å². The number of hydrogen-bond acceptors (Lipinski definition) is 8. The fourth-order valence-corrected chi connectivity index (χ4v) is 9.44. The summed E-state index contributed by atoms with van der Waals surface area (Å²) in [5, 5.41) is 8.48. The van der Waals surface area contributed by atoms with Gasteiger partial charge in [0.05, 0.1) is 33.4 Å². The first kappa shape index (κ1) is 37.9. The van der Waals surface area contributed by atoms with Gasteiger partial charge in [0.2, 0.25) is 0 Å². The monoisotopic (exact) mass is 769 g/mol. The van der Waals surface area contributed by atoms with E-state index in [2.05, 4.69) is 10.6 Å². The molecule has 49 heavy (non-hydrogen) atoms. The number of hydrogen-bond donors (Lipinski definition) is 2. The molecular weight excluding hydrogens is 729 g/mol. The molecule has 0 bridgehead atoms. The van der Waals surface area contributed by atoms with Gasteiger partial charge in [-0.25, -0.2) is 16.8 Å². The van der Waals surface area contributed by atoms with Gasteiger partial charge in [-0.05, 0) is 87.4 Å². The van der Waals surface area contributed by atoms with E-state index < -0.39 is 36.4 Å². The van der Waals surface area contributed by atoms with E-state index in [-0.39, 0.29) is 45.4 Å². The zero-order chi connectivity index (χ0) is 36.0. The molecule has 266 valence electrons. The van der Waals surface area contributed by atoms with E-state index in [4.69, 9.17) is 39.5 Å². The van der Waals surface area contributed by atoms with Crippen molar-refractivity contribution in [2.24, 2.45) is 5.92 Å². The number of ether oxygens (including phenoxy) is 1. The van der Waals surface area contributed by atoms with E-state index in [1.807, 2.05) is 38.1 Å². The lowest BCUT2D eigenvalue weighted by Gasteiger charge is -2.41. The SMILES string of the molecule is CCOc1cc(Cl)c(S(C)(=O)=O)cc1C1(C(=O)N2CCC(CCS(C)(=O)=O)CC2)N[C@@](C)(c2ccc(Cl)cc2)[C@@](C)(c2ccc(Cl)cc2)N1. The van der Waals surface area contributed by atoms with E-state index in [9.17, 15) is 16.8 Å². The van der Waals surface area contributed by atoms with Gasteiger partial charge in [-0.3, -0.25) is 15.4 Å². The maximum Gasteiger partial charge on any atom is 0.262 e. The molecule has 3 aromatic rings.